The molecular formula is C19H24BrFN2O3S. The molecule has 0 aliphatic carbocycles. The minimum atomic E-state index is -1.65. The Hall–Kier alpha value is -1.03. The maximum absolute atomic E-state index is 14.4. The third-order valence-electron chi connectivity index (χ3n) is 4.24. The number of nitrogens with zero attached hydrogens (tertiary/aromatic N) is 1. The van der Waals surface area contributed by atoms with Crippen molar-refractivity contribution in [1.82, 2.24) is 9.71 Å². The van der Waals surface area contributed by atoms with E-state index in [1.54, 1.807) is 52.0 Å². The molecule has 148 valence electrons. The monoisotopic (exact) mass is 458 g/mol. The number of halogens is 2. The van der Waals surface area contributed by atoms with E-state index in [0.717, 1.165) is 0 Å². The van der Waals surface area contributed by atoms with Crippen molar-refractivity contribution in [3.05, 3.63) is 63.6 Å². The quantitative estimate of drug-likeness (QED) is 0.579. The van der Waals surface area contributed by atoms with Crippen molar-refractivity contribution in [3.8, 4) is 0 Å². The number of aliphatic hydroxyl groups excluding tert-OH is 2. The molecule has 0 amide bonds. The Bertz CT molecular complexity index is 803. The fourth-order valence-corrected chi connectivity index (χ4v) is 4.13. The van der Waals surface area contributed by atoms with Gasteiger partial charge in [0.25, 0.3) is 0 Å². The molecule has 3 atom stereocenters. The largest absolute Gasteiger partial charge is 0.598 e. The lowest BCUT2D eigenvalue weighted by atomic mass is 9.81. The van der Waals surface area contributed by atoms with Gasteiger partial charge in [0.1, 0.15) is 16.7 Å². The van der Waals surface area contributed by atoms with Crippen LogP contribution in [-0.2, 0) is 16.9 Å². The minimum Gasteiger partial charge on any atom is -0.598 e. The Morgan fingerprint density at radius 1 is 1.33 bits per heavy atom. The van der Waals surface area contributed by atoms with E-state index in [2.05, 4.69) is 25.6 Å². The molecule has 0 aliphatic heterocycles. The normalized spacial score (nSPS) is 16.6. The Labute approximate surface area is 170 Å². The molecule has 1 aromatic carbocycles. The Kier molecular flexibility index (Phi) is 7.05. The van der Waals surface area contributed by atoms with Gasteiger partial charge in [-0.05, 0) is 73.0 Å². The van der Waals surface area contributed by atoms with Gasteiger partial charge in [0.05, 0.1) is 12.3 Å². The first-order valence-corrected chi connectivity index (χ1v) is 10.3. The summed E-state index contributed by atoms with van der Waals surface area (Å²) in [5.41, 5.74) is -0.554. The highest BCUT2D eigenvalue weighted by Crippen LogP contribution is 2.38. The van der Waals surface area contributed by atoms with Crippen LogP contribution in [0.5, 0.6) is 0 Å². The minimum absolute atomic E-state index is 0.299. The van der Waals surface area contributed by atoms with Crippen LogP contribution in [0.2, 0.25) is 0 Å². The Morgan fingerprint density at radius 2 is 2.00 bits per heavy atom. The van der Waals surface area contributed by atoms with Gasteiger partial charge in [-0.25, -0.2) is 4.39 Å². The second kappa shape index (κ2) is 8.55. The zero-order valence-corrected chi connectivity index (χ0v) is 18.1. The number of aliphatic hydroxyl groups is 2. The Balaban J connectivity index is 2.81. The SMILES string of the molecule is Cc1ccc([C@@](N[S+]([O-])C(C)(C)C)(c2ncccc2Br)C(O)CO)cc1F. The summed E-state index contributed by atoms with van der Waals surface area (Å²) in [4.78, 5) is 4.35. The summed E-state index contributed by atoms with van der Waals surface area (Å²) in [6, 6.07) is 7.88. The van der Waals surface area contributed by atoms with Crippen LogP contribution in [0.15, 0.2) is 41.0 Å². The molecule has 1 aromatic heterocycles. The molecule has 2 rings (SSSR count). The van der Waals surface area contributed by atoms with Gasteiger partial charge in [0, 0.05) is 22.0 Å². The van der Waals surface area contributed by atoms with E-state index in [4.69, 9.17) is 0 Å². The molecule has 5 nitrogen and oxygen atoms in total. The summed E-state index contributed by atoms with van der Waals surface area (Å²) >= 11 is 1.76. The van der Waals surface area contributed by atoms with Crippen LogP contribution in [0.3, 0.4) is 0 Å². The lowest BCUT2D eigenvalue weighted by Gasteiger charge is -2.40. The van der Waals surface area contributed by atoms with Gasteiger partial charge in [-0.15, -0.1) is 4.72 Å². The van der Waals surface area contributed by atoms with Gasteiger partial charge in [0.15, 0.2) is 5.54 Å². The highest BCUT2D eigenvalue weighted by atomic mass is 79.9. The van der Waals surface area contributed by atoms with Crippen molar-refractivity contribution < 1.29 is 19.2 Å². The molecule has 3 N–H and O–H groups in total. The molecule has 0 saturated heterocycles. The fraction of sp³-hybridized carbons (Fsp3) is 0.421. The van der Waals surface area contributed by atoms with E-state index in [0.29, 0.717) is 21.3 Å². The molecule has 0 spiro atoms. The van der Waals surface area contributed by atoms with Gasteiger partial charge in [-0.3, -0.25) is 4.98 Å². The lowest BCUT2D eigenvalue weighted by Crippen LogP contribution is -2.59. The number of hydrogen-bond acceptors (Lipinski definition) is 5. The molecule has 8 heteroatoms. The molecular weight excluding hydrogens is 435 g/mol. The standard InChI is InChI=1S/C19H24BrFN2O3S/c1-12-7-8-13(10-15(12)21)19(16(25)11-24,23-27(26)18(2,3)4)17-14(20)6-5-9-22-17/h5-10,16,23-25H,11H2,1-4H3/t16?,19-,27?/m0/s1. The van der Waals surface area contributed by atoms with Crippen molar-refractivity contribution >= 4 is 27.3 Å². The molecule has 0 saturated carbocycles. The zero-order chi connectivity index (χ0) is 20.4. The van der Waals surface area contributed by atoms with Gasteiger partial charge < -0.3 is 14.8 Å². The van der Waals surface area contributed by atoms with Crippen LogP contribution in [0.25, 0.3) is 0 Å². The second-order valence-electron chi connectivity index (χ2n) is 7.29. The maximum atomic E-state index is 14.4. The molecule has 0 radical (unpaired) electrons. The average molecular weight is 459 g/mol. The smallest absolute Gasteiger partial charge is 0.159 e. The van der Waals surface area contributed by atoms with Crippen molar-refractivity contribution in [2.45, 2.75) is 44.1 Å². The summed E-state index contributed by atoms with van der Waals surface area (Å²) in [5, 5.41) is 20.6. The maximum Gasteiger partial charge on any atom is 0.159 e. The van der Waals surface area contributed by atoms with E-state index in [9.17, 15) is 19.2 Å². The lowest BCUT2D eigenvalue weighted by molar-refractivity contribution is 0.0356. The van der Waals surface area contributed by atoms with Gasteiger partial charge in [-0.1, -0.05) is 12.1 Å². The van der Waals surface area contributed by atoms with Crippen molar-refractivity contribution in [3.63, 3.8) is 0 Å². The molecule has 0 aliphatic rings. The van der Waals surface area contributed by atoms with E-state index in [-0.39, 0.29) is 0 Å². The van der Waals surface area contributed by atoms with E-state index in [1.807, 2.05) is 0 Å². The van der Waals surface area contributed by atoms with Crippen LogP contribution >= 0.6 is 15.9 Å². The summed E-state index contributed by atoms with van der Waals surface area (Å²) in [5.74, 6) is -0.475. The summed E-state index contributed by atoms with van der Waals surface area (Å²) in [7, 11) is 0. The van der Waals surface area contributed by atoms with Crippen LogP contribution in [0, 0.1) is 12.7 Å². The first-order valence-electron chi connectivity index (χ1n) is 8.40. The molecule has 2 aromatic rings. The predicted octanol–water partition coefficient (Wildman–Crippen LogP) is 2.94. The number of aromatic nitrogens is 1. The fourth-order valence-electron chi connectivity index (χ4n) is 2.61. The molecule has 27 heavy (non-hydrogen) atoms. The topological polar surface area (TPSA) is 88.4 Å². The van der Waals surface area contributed by atoms with Crippen LogP contribution in [-0.4, -0.2) is 37.2 Å². The van der Waals surface area contributed by atoms with Crippen molar-refractivity contribution in [2.24, 2.45) is 0 Å². The van der Waals surface area contributed by atoms with Gasteiger partial charge in [0.2, 0.25) is 0 Å². The van der Waals surface area contributed by atoms with Crippen LogP contribution < -0.4 is 4.72 Å². The first kappa shape index (κ1) is 22.3. The van der Waals surface area contributed by atoms with Gasteiger partial charge >= 0.3 is 0 Å². The van der Waals surface area contributed by atoms with E-state index < -0.39 is 40.2 Å². The van der Waals surface area contributed by atoms with Crippen molar-refractivity contribution in [2.75, 3.05) is 6.61 Å². The molecule has 1 heterocycles. The summed E-state index contributed by atoms with van der Waals surface area (Å²) in [6.07, 6.45) is 0.0858. The van der Waals surface area contributed by atoms with E-state index >= 15 is 0 Å². The number of aryl methyl sites for hydroxylation is 1. The van der Waals surface area contributed by atoms with Crippen LogP contribution in [0.4, 0.5) is 4.39 Å². The summed E-state index contributed by atoms with van der Waals surface area (Å²) in [6.45, 7) is 6.30. The summed E-state index contributed by atoms with van der Waals surface area (Å²) < 4.78 is 30.2. The van der Waals surface area contributed by atoms with Crippen LogP contribution in [0.1, 0.15) is 37.6 Å². The molecule has 0 bridgehead atoms. The third kappa shape index (κ3) is 4.52. The van der Waals surface area contributed by atoms with E-state index in [1.165, 1.54) is 12.3 Å². The number of rotatable bonds is 6. The zero-order valence-electron chi connectivity index (χ0n) is 15.7. The average Bonchev–Trinajstić information content (AvgIpc) is 2.61. The number of hydrogen-bond donors (Lipinski definition) is 3. The van der Waals surface area contributed by atoms with Gasteiger partial charge in [-0.2, -0.15) is 0 Å². The predicted molar refractivity (Wildman–Crippen MR) is 108 cm³/mol. The highest BCUT2D eigenvalue weighted by molar-refractivity contribution is 9.10. The molecule has 0 fully saturated rings. The number of nitrogens with one attached hydrogen (secondary N) is 1. The Morgan fingerprint density at radius 3 is 2.52 bits per heavy atom. The first-order chi connectivity index (χ1) is 12.5. The highest BCUT2D eigenvalue weighted by Gasteiger charge is 2.49. The molecule has 2 unspecified atom stereocenters. The number of benzene rings is 1. The van der Waals surface area contributed by atoms with Crippen molar-refractivity contribution in [1.29, 1.82) is 0 Å². The third-order valence-corrected chi connectivity index (χ3v) is 6.50. The second-order valence-corrected chi connectivity index (χ2v) is 10.1. The number of pyridine rings is 1.